The highest BCUT2D eigenvalue weighted by atomic mass is 35.5. The third-order valence-corrected chi connectivity index (χ3v) is 2.26. The van der Waals surface area contributed by atoms with Gasteiger partial charge < -0.3 is 4.74 Å². The molecule has 0 bridgehead atoms. The van der Waals surface area contributed by atoms with Gasteiger partial charge in [-0.05, 0) is 6.07 Å². The Bertz CT molecular complexity index is 468. The third kappa shape index (κ3) is 4.56. The van der Waals surface area contributed by atoms with Gasteiger partial charge in [-0.15, -0.1) is 0 Å². The van der Waals surface area contributed by atoms with E-state index in [0.29, 0.717) is 0 Å². The van der Waals surface area contributed by atoms with Gasteiger partial charge in [-0.1, -0.05) is 11.6 Å². The summed E-state index contributed by atoms with van der Waals surface area (Å²) in [6.07, 6.45) is -3.44. The summed E-state index contributed by atoms with van der Waals surface area (Å²) in [4.78, 5) is 19.9. The van der Waals surface area contributed by atoms with Gasteiger partial charge in [0.2, 0.25) is 5.88 Å². The molecule has 0 aliphatic heterocycles. The first-order valence-electron chi connectivity index (χ1n) is 4.92. The molecular formula is C10H10ClF3N2O3. The van der Waals surface area contributed by atoms with E-state index in [9.17, 15) is 18.0 Å². The predicted octanol–water partition coefficient (Wildman–Crippen LogP) is 2.31. The molecule has 0 saturated carbocycles. The Labute approximate surface area is 111 Å². The molecule has 19 heavy (non-hydrogen) atoms. The molecule has 0 fully saturated rings. The van der Waals surface area contributed by atoms with Gasteiger partial charge in [-0.25, -0.2) is 10.0 Å². The number of carbonyl (C=O) groups excluding carboxylic acids is 1. The van der Waals surface area contributed by atoms with Crippen molar-refractivity contribution >= 4 is 17.5 Å². The molecule has 5 nitrogen and oxygen atoms in total. The van der Waals surface area contributed by atoms with Crippen LogP contribution in [0.4, 0.5) is 13.2 Å². The van der Waals surface area contributed by atoms with Crippen LogP contribution in [0, 0.1) is 0 Å². The van der Waals surface area contributed by atoms with E-state index in [2.05, 4.69) is 14.6 Å². The molecular weight excluding hydrogens is 289 g/mol. The number of aromatic nitrogens is 1. The Morgan fingerprint density at radius 3 is 2.63 bits per heavy atom. The normalized spacial score (nSPS) is 11.3. The topological polar surface area (TPSA) is 51.7 Å². The van der Waals surface area contributed by atoms with Crippen LogP contribution in [0.25, 0.3) is 0 Å². The third-order valence-electron chi connectivity index (χ3n) is 1.99. The van der Waals surface area contributed by atoms with Crippen LogP contribution >= 0.6 is 11.6 Å². The second-order valence-electron chi connectivity index (χ2n) is 3.40. The molecule has 1 aromatic rings. The number of hydrogen-bond donors (Lipinski definition) is 0. The van der Waals surface area contributed by atoms with E-state index in [1.54, 1.807) is 0 Å². The molecule has 0 aliphatic rings. The lowest BCUT2D eigenvalue weighted by Gasteiger charge is -2.14. The summed E-state index contributed by atoms with van der Waals surface area (Å²) in [6, 6.07) is 1.15. The Morgan fingerprint density at radius 2 is 2.16 bits per heavy atom. The number of hydroxylamine groups is 2. The van der Waals surface area contributed by atoms with E-state index in [0.717, 1.165) is 17.3 Å². The fraction of sp³-hybridized carbons (Fsp3) is 0.400. The molecule has 9 heteroatoms. The van der Waals surface area contributed by atoms with Gasteiger partial charge in [0.05, 0.1) is 12.7 Å². The molecule has 0 aromatic carbocycles. The van der Waals surface area contributed by atoms with Crippen LogP contribution in [0.3, 0.4) is 0 Å². The van der Waals surface area contributed by atoms with Crippen LogP contribution < -0.4 is 4.74 Å². The minimum Gasteiger partial charge on any atom is -0.467 e. The van der Waals surface area contributed by atoms with Gasteiger partial charge >= 0.3 is 6.18 Å². The van der Waals surface area contributed by atoms with Crippen molar-refractivity contribution in [3.05, 3.63) is 22.8 Å². The molecule has 0 spiro atoms. The number of hydrogen-bond acceptors (Lipinski definition) is 4. The summed E-state index contributed by atoms with van der Waals surface area (Å²) < 4.78 is 40.3. The van der Waals surface area contributed by atoms with Crippen LogP contribution in [-0.4, -0.2) is 42.9 Å². The van der Waals surface area contributed by atoms with Crippen LogP contribution in [0.2, 0.25) is 5.02 Å². The molecule has 0 atom stereocenters. The molecule has 0 unspecified atom stereocenters. The second kappa shape index (κ2) is 6.07. The van der Waals surface area contributed by atoms with E-state index >= 15 is 0 Å². The van der Waals surface area contributed by atoms with Crippen LogP contribution in [0.1, 0.15) is 10.4 Å². The van der Waals surface area contributed by atoms with E-state index in [4.69, 9.17) is 11.6 Å². The first-order valence-corrected chi connectivity index (χ1v) is 5.29. The van der Waals surface area contributed by atoms with Gasteiger partial charge in [0.15, 0.2) is 6.61 Å². The SMILES string of the molecule is CON(C)C(=O)c1cnc(OCC(F)(F)F)c(Cl)c1. The maximum atomic E-state index is 12.0. The lowest BCUT2D eigenvalue weighted by Crippen LogP contribution is -2.25. The van der Waals surface area contributed by atoms with Crippen molar-refractivity contribution in [1.82, 2.24) is 10.0 Å². The average molecular weight is 299 g/mol. The molecule has 1 amide bonds. The zero-order valence-corrected chi connectivity index (χ0v) is 10.7. The fourth-order valence-electron chi connectivity index (χ4n) is 1.06. The van der Waals surface area contributed by atoms with Crippen LogP contribution in [0.15, 0.2) is 12.3 Å². The first-order chi connectivity index (χ1) is 8.74. The zero-order valence-electron chi connectivity index (χ0n) is 9.99. The average Bonchev–Trinajstić information content (AvgIpc) is 2.34. The maximum absolute atomic E-state index is 12.0. The summed E-state index contributed by atoms with van der Waals surface area (Å²) in [5.74, 6) is -0.935. The summed E-state index contributed by atoms with van der Waals surface area (Å²) >= 11 is 5.68. The van der Waals surface area contributed by atoms with Crippen LogP contribution in [0.5, 0.6) is 5.88 Å². The first kappa shape index (κ1) is 15.5. The molecule has 0 saturated heterocycles. The molecule has 1 rings (SSSR count). The van der Waals surface area contributed by atoms with Gasteiger partial charge in [0, 0.05) is 13.2 Å². The van der Waals surface area contributed by atoms with Crippen molar-refractivity contribution in [2.24, 2.45) is 0 Å². The molecule has 106 valence electrons. The quantitative estimate of drug-likeness (QED) is 0.801. The molecule has 1 heterocycles. The lowest BCUT2D eigenvalue weighted by molar-refractivity contribution is -0.154. The number of halogens is 4. The molecule has 1 aromatic heterocycles. The summed E-state index contributed by atoms with van der Waals surface area (Å²) in [5, 5.41) is 0.725. The van der Waals surface area contributed by atoms with Crippen molar-refractivity contribution in [3.8, 4) is 5.88 Å². The zero-order chi connectivity index (χ0) is 14.6. The number of pyridine rings is 1. The van der Waals surface area contributed by atoms with Gasteiger partial charge in [-0.3, -0.25) is 9.63 Å². The summed E-state index contributed by atoms with van der Waals surface area (Å²) in [6.45, 7) is -1.51. The smallest absolute Gasteiger partial charge is 0.422 e. The van der Waals surface area contributed by atoms with Crippen molar-refractivity contribution < 1.29 is 27.5 Å². The second-order valence-corrected chi connectivity index (χ2v) is 3.81. The standard InChI is InChI=1S/C10H10ClF3N2O3/c1-16(18-2)9(17)6-3-7(11)8(15-4-6)19-5-10(12,13)14/h3-4H,5H2,1-2H3. The Kier molecular flexibility index (Phi) is 4.96. The van der Waals surface area contributed by atoms with E-state index in [1.165, 1.54) is 14.2 Å². The highest BCUT2D eigenvalue weighted by Gasteiger charge is 2.29. The lowest BCUT2D eigenvalue weighted by atomic mass is 10.2. The predicted molar refractivity (Wildman–Crippen MR) is 59.9 cm³/mol. The minimum absolute atomic E-state index is 0.0636. The Hall–Kier alpha value is -1.54. The summed E-state index contributed by atoms with van der Waals surface area (Å²) in [7, 11) is 2.65. The van der Waals surface area contributed by atoms with Gasteiger partial charge in [-0.2, -0.15) is 13.2 Å². The Balaban J connectivity index is 2.83. The molecule has 0 aliphatic carbocycles. The van der Waals surface area contributed by atoms with Gasteiger partial charge in [0.1, 0.15) is 5.02 Å². The highest BCUT2D eigenvalue weighted by molar-refractivity contribution is 6.32. The van der Waals surface area contributed by atoms with Gasteiger partial charge in [0.25, 0.3) is 5.91 Å². The van der Waals surface area contributed by atoms with Crippen molar-refractivity contribution in [1.29, 1.82) is 0 Å². The fourth-order valence-corrected chi connectivity index (χ4v) is 1.28. The van der Waals surface area contributed by atoms with E-state index in [1.807, 2.05) is 0 Å². The highest BCUT2D eigenvalue weighted by Crippen LogP contribution is 2.25. The summed E-state index contributed by atoms with van der Waals surface area (Å²) in [5.41, 5.74) is 0.0636. The molecule has 0 N–H and O–H groups in total. The number of rotatable bonds is 4. The van der Waals surface area contributed by atoms with Crippen molar-refractivity contribution in [2.75, 3.05) is 20.8 Å². The van der Waals surface area contributed by atoms with E-state index < -0.39 is 24.6 Å². The largest absolute Gasteiger partial charge is 0.467 e. The maximum Gasteiger partial charge on any atom is 0.422 e. The number of carbonyl (C=O) groups is 1. The van der Waals surface area contributed by atoms with Crippen molar-refractivity contribution in [3.63, 3.8) is 0 Å². The number of nitrogens with zero attached hydrogens (tertiary/aromatic N) is 2. The van der Waals surface area contributed by atoms with Crippen LogP contribution in [-0.2, 0) is 4.84 Å². The monoisotopic (exact) mass is 298 g/mol. The number of amides is 1. The van der Waals surface area contributed by atoms with E-state index in [-0.39, 0.29) is 10.6 Å². The molecule has 0 radical (unpaired) electrons. The Morgan fingerprint density at radius 1 is 1.53 bits per heavy atom. The number of ether oxygens (including phenoxy) is 1. The number of alkyl halides is 3. The van der Waals surface area contributed by atoms with Crippen molar-refractivity contribution in [2.45, 2.75) is 6.18 Å². The minimum atomic E-state index is -4.49.